The standard InChI is InChI=1S/C17H21NO4/c1-17(2,3)22-16(19)18-13-9-12-7-5-6-8-14(12)15(10-13)21-11-20-4/h5-10H,11H2,1-4H3,(H,18,19). The maximum absolute atomic E-state index is 11.9. The van der Waals surface area contributed by atoms with Crippen molar-refractivity contribution in [1.82, 2.24) is 0 Å². The molecule has 0 radical (unpaired) electrons. The summed E-state index contributed by atoms with van der Waals surface area (Å²) in [5, 5.41) is 4.64. The Bertz CT molecular complexity index is 661. The highest BCUT2D eigenvalue weighted by Crippen LogP contribution is 2.30. The first kappa shape index (κ1) is 16.1. The monoisotopic (exact) mass is 303 g/mol. The van der Waals surface area contributed by atoms with Crippen molar-refractivity contribution < 1.29 is 19.0 Å². The molecule has 0 aliphatic heterocycles. The molecule has 2 rings (SSSR count). The van der Waals surface area contributed by atoms with Gasteiger partial charge in [0.2, 0.25) is 0 Å². The summed E-state index contributed by atoms with van der Waals surface area (Å²) in [5.41, 5.74) is 0.0649. The molecule has 0 heterocycles. The molecule has 2 aromatic rings. The number of fused-ring (bicyclic) bond motifs is 1. The van der Waals surface area contributed by atoms with Crippen LogP contribution < -0.4 is 10.1 Å². The molecule has 1 amide bonds. The number of hydrogen-bond donors (Lipinski definition) is 1. The zero-order valence-electron chi connectivity index (χ0n) is 13.3. The lowest BCUT2D eigenvalue weighted by Gasteiger charge is -2.20. The van der Waals surface area contributed by atoms with E-state index in [2.05, 4.69) is 5.32 Å². The van der Waals surface area contributed by atoms with E-state index in [1.165, 1.54) is 0 Å². The van der Waals surface area contributed by atoms with Gasteiger partial charge >= 0.3 is 6.09 Å². The molecule has 1 N–H and O–H groups in total. The average molecular weight is 303 g/mol. The molecule has 0 aliphatic rings. The number of ether oxygens (including phenoxy) is 3. The lowest BCUT2D eigenvalue weighted by molar-refractivity contribution is 0.0523. The Hall–Kier alpha value is -2.27. The lowest BCUT2D eigenvalue weighted by Crippen LogP contribution is -2.27. The van der Waals surface area contributed by atoms with Gasteiger partial charge in [0.05, 0.1) is 0 Å². The fourth-order valence-electron chi connectivity index (χ4n) is 2.01. The number of methoxy groups -OCH3 is 1. The van der Waals surface area contributed by atoms with Gasteiger partial charge in [-0.25, -0.2) is 4.79 Å². The van der Waals surface area contributed by atoms with Crippen LogP contribution >= 0.6 is 0 Å². The summed E-state index contributed by atoms with van der Waals surface area (Å²) < 4.78 is 15.8. The highest BCUT2D eigenvalue weighted by Gasteiger charge is 2.16. The van der Waals surface area contributed by atoms with E-state index in [-0.39, 0.29) is 6.79 Å². The molecule has 0 aliphatic carbocycles. The Morgan fingerprint density at radius 3 is 2.59 bits per heavy atom. The van der Waals surface area contributed by atoms with Crippen molar-refractivity contribution in [2.45, 2.75) is 26.4 Å². The van der Waals surface area contributed by atoms with Crippen molar-refractivity contribution in [2.75, 3.05) is 19.2 Å². The molecule has 22 heavy (non-hydrogen) atoms. The predicted molar refractivity (Wildman–Crippen MR) is 86.3 cm³/mol. The maximum Gasteiger partial charge on any atom is 0.412 e. The summed E-state index contributed by atoms with van der Waals surface area (Å²) >= 11 is 0. The van der Waals surface area contributed by atoms with Crippen LogP contribution in [-0.4, -0.2) is 25.6 Å². The van der Waals surface area contributed by atoms with Crippen LogP contribution in [0.25, 0.3) is 10.8 Å². The molecular weight excluding hydrogens is 282 g/mol. The van der Waals surface area contributed by atoms with Gasteiger partial charge in [0.25, 0.3) is 0 Å². The fourth-order valence-corrected chi connectivity index (χ4v) is 2.01. The van der Waals surface area contributed by atoms with Crippen molar-refractivity contribution in [2.24, 2.45) is 0 Å². The predicted octanol–water partition coefficient (Wildman–Crippen LogP) is 4.17. The molecule has 5 heteroatoms. The van der Waals surface area contributed by atoms with Crippen molar-refractivity contribution in [1.29, 1.82) is 0 Å². The van der Waals surface area contributed by atoms with E-state index < -0.39 is 11.7 Å². The van der Waals surface area contributed by atoms with Crippen LogP contribution in [0, 0.1) is 0 Å². The number of anilines is 1. The molecule has 0 fully saturated rings. The van der Waals surface area contributed by atoms with E-state index in [0.29, 0.717) is 11.4 Å². The number of nitrogens with one attached hydrogen (secondary N) is 1. The van der Waals surface area contributed by atoms with Gasteiger partial charge in [-0.1, -0.05) is 24.3 Å². The van der Waals surface area contributed by atoms with Gasteiger partial charge in [-0.05, 0) is 32.2 Å². The Balaban J connectivity index is 2.28. The van der Waals surface area contributed by atoms with E-state index in [1.807, 2.05) is 51.1 Å². The lowest BCUT2D eigenvalue weighted by atomic mass is 10.1. The van der Waals surface area contributed by atoms with E-state index >= 15 is 0 Å². The maximum atomic E-state index is 11.9. The Morgan fingerprint density at radius 1 is 1.18 bits per heavy atom. The fraction of sp³-hybridized carbons (Fsp3) is 0.353. The highest BCUT2D eigenvalue weighted by molar-refractivity contribution is 5.95. The second-order valence-electron chi connectivity index (χ2n) is 5.87. The second-order valence-corrected chi connectivity index (χ2v) is 5.87. The van der Waals surface area contributed by atoms with Gasteiger partial charge in [-0.15, -0.1) is 0 Å². The highest BCUT2D eigenvalue weighted by atomic mass is 16.7. The van der Waals surface area contributed by atoms with Gasteiger partial charge in [0, 0.05) is 24.2 Å². The summed E-state index contributed by atoms with van der Waals surface area (Å²) in [6, 6.07) is 11.4. The van der Waals surface area contributed by atoms with Crippen LogP contribution in [0.15, 0.2) is 36.4 Å². The molecule has 2 aromatic carbocycles. The minimum Gasteiger partial charge on any atom is -0.467 e. The summed E-state index contributed by atoms with van der Waals surface area (Å²) in [5.74, 6) is 0.644. The molecule has 0 bridgehead atoms. The number of carbonyl (C=O) groups is 1. The summed E-state index contributed by atoms with van der Waals surface area (Å²) in [4.78, 5) is 11.9. The van der Waals surface area contributed by atoms with Gasteiger partial charge in [0.1, 0.15) is 11.4 Å². The number of amides is 1. The van der Waals surface area contributed by atoms with Crippen LogP contribution in [0.5, 0.6) is 5.75 Å². The van der Waals surface area contributed by atoms with Crippen LogP contribution in [-0.2, 0) is 9.47 Å². The topological polar surface area (TPSA) is 56.8 Å². The minimum atomic E-state index is -0.545. The van der Waals surface area contributed by atoms with Crippen LogP contribution in [0.3, 0.4) is 0 Å². The SMILES string of the molecule is COCOc1cc(NC(=O)OC(C)(C)C)cc2ccccc12. The Kier molecular flexibility index (Phi) is 4.88. The Labute approximate surface area is 130 Å². The summed E-state index contributed by atoms with van der Waals surface area (Å²) in [6.45, 7) is 5.60. The van der Waals surface area contributed by atoms with Crippen molar-refractivity contribution in [3.63, 3.8) is 0 Å². The van der Waals surface area contributed by atoms with E-state index in [4.69, 9.17) is 14.2 Å². The van der Waals surface area contributed by atoms with Gasteiger partial charge in [0.15, 0.2) is 6.79 Å². The number of hydrogen-bond acceptors (Lipinski definition) is 4. The zero-order valence-corrected chi connectivity index (χ0v) is 13.3. The molecule has 0 aromatic heterocycles. The number of benzene rings is 2. The van der Waals surface area contributed by atoms with Crippen LogP contribution in [0.4, 0.5) is 10.5 Å². The quantitative estimate of drug-likeness (QED) is 0.861. The average Bonchev–Trinajstić information content (AvgIpc) is 2.42. The van der Waals surface area contributed by atoms with Crippen molar-refractivity contribution in [3.8, 4) is 5.75 Å². The van der Waals surface area contributed by atoms with E-state index in [1.54, 1.807) is 13.2 Å². The van der Waals surface area contributed by atoms with Gasteiger partial charge < -0.3 is 14.2 Å². The Morgan fingerprint density at radius 2 is 1.91 bits per heavy atom. The molecule has 118 valence electrons. The van der Waals surface area contributed by atoms with Crippen LogP contribution in [0.2, 0.25) is 0 Å². The molecular formula is C17H21NO4. The second kappa shape index (κ2) is 6.66. The summed E-state index contributed by atoms with van der Waals surface area (Å²) in [7, 11) is 1.56. The minimum absolute atomic E-state index is 0.139. The van der Waals surface area contributed by atoms with Crippen molar-refractivity contribution >= 4 is 22.6 Å². The van der Waals surface area contributed by atoms with Crippen molar-refractivity contribution in [3.05, 3.63) is 36.4 Å². The first-order valence-corrected chi connectivity index (χ1v) is 7.03. The number of rotatable bonds is 4. The molecule has 0 saturated carbocycles. The summed E-state index contributed by atoms with van der Waals surface area (Å²) in [6.07, 6.45) is -0.500. The first-order valence-electron chi connectivity index (χ1n) is 7.03. The molecule has 0 atom stereocenters. The largest absolute Gasteiger partial charge is 0.467 e. The third-order valence-corrected chi connectivity index (χ3v) is 2.80. The zero-order chi connectivity index (χ0) is 16.2. The number of carbonyl (C=O) groups excluding carboxylic acids is 1. The van der Waals surface area contributed by atoms with E-state index in [9.17, 15) is 4.79 Å². The normalized spacial score (nSPS) is 11.3. The first-order chi connectivity index (χ1) is 10.4. The smallest absolute Gasteiger partial charge is 0.412 e. The molecule has 5 nitrogen and oxygen atoms in total. The van der Waals surface area contributed by atoms with Crippen LogP contribution in [0.1, 0.15) is 20.8 Å². The van der Waals surface area contributed by atoms with Gasteiger partial charge in [-0.2, -0.15) is 0 Å². The molecule has 0 spiro atoms. The van der Waals surface area contributed by atoms with Gasteiger partial charge in [-0.3, -0.25) is 5.32 Å². The third-order valence-electron chi connectivity index (χ3n) is 2.80. The third kappa shape index (κ3) is 4.36. The molecule has 0 saturated heterocycles. The van der Waals surface area contributed by atoms with E-state index in [0.717, 1.165) is 10.8 Å². The molecule has 0 unspecified atom stereocenters.